The van der Waals surface area contributed by atoms with Gasteiger partial charge in [-0.3, -0.25) is 9.78 Å². The van der Waals surface area contributed by atoms with Gasteiger partial charge in [0.2, 0.25) is 0 Å². The van der Waals surface area contributed by atoms with E-state index in [2.05, 4.69) is 4.98 Å². The number of methoxy groups -OCH3 is 1. The van der Waals surface area contributed by atoms with Crippen LogP contribution in [-0.2, 0) is 20.9 Å². The maximum Gasteiger partial charge on any atom is 0.340 e. The fraction of sp³-hybridized carbons (Fsp3) is 0.250. The summed E-state index contributed by atoms with van der Waals surface area (Å²) in [6.07, 6.45) is 3.17. The second kappa shape index (κ2) is 7.90. The molecule has 0 fully saturated rings. The smallest absolute Gasteiger partial charge is 0.340 e. The lowest BCUT2D eigenvalue weighted by atomic mass is 10.0. The molecule has 7 nitrogen and oxygen atoms in total. The number of aliphatic hydroxyl groups is 1. The summed E-state index contributed by atoms with van der Waals surface area (Å²) in [4.78, 5) is 30.6. The Balaban J connectivity index is 1.98. The molecule has 140 valence electrons. The molecule has 2 aromatic rings. The van der Waals surface area contributed by atoms with Crippen LogP contribution in [0.15, 0.2) is 60.1 Å². The highest BCUT2D eigenvalue weighted by molar-refractivity contribution is 6.06. The van der Waals surface area contributed by atoms with Crippen LogP contribution in [0.1, 0.15) is 24.1 Å². The minimum atomic E-state index is -0.771. The van der Waals surface area contributed by atoms with E-state index in [1.54, 1.807) is 50.7 Å². The molecule has 1 amide bonds. The van der Waals surface area contributed by atoms with Crippen molar-refractivity contribution in [3.63, 3.8) is 0 Å². The van der Waals surface area contributed by atoms with Crippen molar-refractivity contribution < 1.29 is 24.2 Å². The number of pyridine rings is 1. The van der Waals surface area contributed by atoms with E-state index < -0.39 is 23.7 Å². The molecule has 1 aromatic carbocycles. The van der Waals surface area contributed by atoms with E-state index >= 15 is 0 Å². The van der Waals surface area contributed by atoms with Crippen LogP contribution in [-0.4, -0.2) is 40.6 Å². The van der Waals surface area contributed by atoms with Gasteiger partial charge in [-0.15, -0.1) is 0 Å². The summed E-state index contributed by atoms with van der Waals surface area (Å²) in [6, 6.07) is 9.92. The third kappa shape index (κ3) is 3.62. The number of carbonyl (C=O) groups is 2. The van der Waals surface area contributed by atoms with Gasteiger partial charge in [0.05, 0.1) is 19.8 Å². The van der Waals surface area contributed by atoms with Gasteiger partial charge < -0.3 is 19.5 Å². The number of rotatable bonds is 6. The number of aliphatic hydroxyl groups excluding tert-OH is 1. The Hall–Kier alpha value is -3.35. The summed E-state index contributed by atoms with van der Waals surface area (Å²) in [5.41, 5.74) is 1.38. The fourth-order valence-corrected chi connectivity index (χ4v) is 3.05. The number of hydrogen-bond acceptors (Lipinski definition) is 6. The SMILES string of the molecule is CCOC(=O)C1=C(O)C(=O)N(Cc2ccc(OC)cc2)C1c1cccnc1. The van der Waals surface area contributed by atoms with E-state index in [0.29, 0.717) is 11.3 Å². The number of aromatic nitrogens is 1. The van der Waals surface area contributed by atoms with Gasteiger partial charge in [-0.25, -0.2) is 4.79 Å². The second-order valence-corrected chi connectivity index (χ2v) is 5.95. The first-order valence-electron chi connectivity index (χ1n) is 8.50. The molecule has 1 N–H and O–H groups in total. The zero-order valence-electron chi connectivity index (χ0n) is 15.1. The number of carbonyl (C=O) groups excluding carboxylic acids is 2. The zero-order valence-corrected chi connectivity index (χ0v) is 15.1. The molecule has 2 heterocycles. The van der Waals surface area contributed by atoms with Crippen LogP contribution in [0.2, 0.25) is 0 Å². The Kier molecular flexibility index (Phi) is 5.40. The van der Waals surface area contributed by atoms with Crippen molar-refractivity contribution >= 4 is 11.9 Å². The Bertz CT molecular complexity index is 862. The lowest BCUT2D eigenvalue weighted by Gasteiger charge is -2.26. The topological polar surface area (TPSA) is 89.0 Å². The molecule has 1 aromatic heterocycles. The predicted molar refractivity (Wildman–Crippen MR) is 96.8 cm³/mol. The van der Waals surface area contributed by atoms with E-state index in [1.165, 1.54) is 4.90 Å². The lowest BCUT2D eigenvalue weighted by molar-refractivity contribution is -0.139. The summed E-state index contributed by atoms with van der Waals surface area (Å²) in [5, 5.41) is 10.4. The molecule has 1 atom stereocenters. The van der Waals surface area contributed by atoms with Crippen molar-refractivity contribution in [2.75, 3.05) is 13.7 Å². The zero-order chi connectivity index (χ0) is 19.4. The van der Waals surface area contributed by atoms with Gasteiger partial charge in [-0.05, 0) is 36.2 Å². The molecular formula is C20H20N2O5. The van der Waals surface area contributed by atoms with Gasteiger partial charge >= 0.3 is 5.97 Å². The molecule has 1 aliphatic heterocycles. The normalized spacial score (nSPS) is 16.6. The summed E-state index contributed by atoms with van der Waals surface area (Å²) in [7, 11) is 1.57. The third-order valence-corrected chi connectivity index (χ3v) is 4.31. The van der Waals surface area contributed by atoms with E-state index in [1.807, 2.05) is 12.1 Å². The molecule has 0 radical (unpaired) electrons. The fourth-order valence-electron chi connectivity index (χ4n) is 3.05. The summed E-state index contributed by atoms with van der Waals surface area (Å²) < 4.78 is 10.2. The van der Waals surface area contributed by atoms with Crippen molar-refractivity contribution in [3.05, 3.63) is 71.3 Å². The molecule has 27 heavy (non-hydrogen) atoms. The molecule has 0 bridgehead atoms. The minimum Gasteiger partial charge on any atom is -0.503 e. The van der Waals surface area contributed by atoms with Gasteiger partial charge in [-0.1, -0.05) is 18.2 Å². The monoisotopic (exact) mass is 368 g/mol. The number of amides is 1. The lowest BCUT2D eigenvalue weighted by Crippen LogP contribution is -2.31. The number of esters is 1. The highest BCUT2D eigenvalue weighted by Gasteiger charge is 2.44. The maximum absolute atomic E-state index is 12.7. The van der Waals surface area contributed by atoms with Gasteiger partial charge in [0.15, 0.2) is 5.76 Å². The van der Waals surface area contributed by atoms with Gasteiger partial charge in [0.25, 0.3) is 5.91 Å². The molecule has 7 heteroatoms. The van der Waals surface area contributed by atoms with Crippen LogP contribution >= 0.6 is 0 Å². The Labute approximate surface area is 156 Å². The van der Waals surface area contributed by atoms with E-state index in [0.717, 1.165) is 5.56 Å². The molecule has 0 saturated heterocycles. The second-order valence-electron chi connectivity index (χ2n) is 5.95. The van der Waals surface area contributed by atoms with Crippen LogP contribution in [0, 0.1) is 0 Å². The van der Waals surface area contributed by atoms with Crippen LogP contribution in [0.4, 0.5) is 0 Å². The largest absolute Gasteiger partial charge is 0.503 e. The van der Waals surface area contributed by atoms with E-state index in [-0.39, 0.29) is 18.7 Å². The van der Waals surface area contributed by atoms with Crippen LogP contribution < -0.4 is 4.74 Å². The third-order valence-electron chi connectivity index (χ3n) is 4.31. The number of hydrogen-bond donors (Lipinski definition) is 1. The standard InChI is InChI=1S/C20H20N2O5/c1-3-27-20(25)16-17(14-5-4-10-21-11-14)22(19(24)18(16)23)12-13-6-8-15(26-2)9-7-13/h4-11,17,23H,3,12H2,1-2H3. The van der Waals surface area contributed by atoms with Crippen molar-refractivity contribution in [1.82, 2.24) is 9.88 Å². The van der Waals surface area contributed by atoms with Gasteiger partial charge in [0, 0.05) is 18.9 Å². The van der Waals surface area contributed by atoms with Crippen molar-refractivity contribution in [2.45, 2.75) is 19.5 Å². The average molecular weight is 368 g/mol. The van der Waals surface area contributed by atoms with Gasteiger partial charge in [0.1, 0.15) is 11.3 Å². The molecule has 1 aliphatic rings. The Morgan fingerprint density at radius 3 is 2.59 bits per heavy atom. The Morgan fingerprint density at radius 2 is 2.00 bits per heavy atom. The highest BCUT2D eigenvalue weighted by atomic mass is 16.5. The first-order chi connectivity index (χ1) is 13.1. The van der Waals surface area contributed by atoms with Crippen molar-refractivity contribution in [1.29, 1.82) is 0 Å². The molecule has 3 rings (SSSR count). The number of benzene rings is 1. The highest BCUT2D eigenvalue weighted by Crippen LogP contribution is 2.38. The Morgan fingerprint density at radius 1 is 1.26 bits per heavy atom. The predicted octanol–water partition coefficient (Wildman–Crippen LogP) is 2.55. The average Bonchev–Trinajstić information content (AvgIpc) is 2.94. The molecule has 0 saturated carbocycles. The number of nitrogens with zero attached hydrogens (tertiary/aromatic N) is 2. The number of ether oxygens (including phenoxy) is 2. The van der Waals surface area contributed by atoms with Crippen molar-refractivity contribution in [3.8, 4) is 5.75 Å². The first kappa shape index (κ1) is 18.4. The van der Waals surface area contributed by atoms with Crippen molar-refractivity contribution in [2.24, 2.45) is 0 Å². The maximum atomic E-state index is 12.7. The minimum absolute atomic E-state index is 0.0663. The molecule has 0 spiro atoms. The van der Waals surface area contributed by atoms with E-state index in [4.69, 9.17) is 9.47 Å². The molecule has 1 unspecified atom stereocenters. The van der Waals surface area contributed by atoms with Crippen LogP contribution in [0.3, 0.4) is 0 Å². The van der Waals surface area contributed by atoms with E-state index in [9.17, 15) is 14.7 Å². The van der Waals surface area contributed by atoms with Crippen LogP contribution in [0.25, 0.3) is 0 Å². The van der Waals surface area contributed by atoms with Gasteiger partial charge in [-0.2, -0.15) is 0 Å². The summed E-state index contributed by atoms with van der Waals surface area (Å²) in [5.74, 6) is -1.23. The summed E-state index contributed by atoms with van der Waals surface area (Å²) >= 11 is 0. The summed E-state index contributed by atoms with van der Waals surface area (Å²) in [6.45, 7) is 2.01. The molecular weight excluding hydrogens is 348 g/mol. The van der Waals surface area contributed by atoms with Crippen LogP contribution in [0.5, 0.6) is 5.75 Å². The first-order valence-corrected chi connectivity index (χ1v) is 8.50. The molecule has 0 aliphatic carbocycles. The quantitative estimate of drug-likeness (QED) is 0.788.